The summed E-state index contributed by atoms with van der Waals surface area (Å²) in [6, 6.07) is 7.14. The van der Waals surface area contributed by atoms with Crippen LogP contribution in [0.4, 0.5) is 0 Å². The van der Waals surface area contributed by atoms with E-state index in [1.54, 1.807) is 24.3 Å². The highest BCUT2D eigenvalue weighted by atomic mass is 35.5. The molecule has 0 atom stereocenters. The third kappa shape index (κ3) is 6.06. The monoisotopic (exact) mass is 310 g/mol. The van der Waals surface area contributed by atoms with Crippen LogP contribution in [0.15, 0.2) is 24.3 Å². The summed E-state index contributed by atoms with van der Waals surface area (Å²) in [5.41, 5.74) is 0.708. The Labute approximate surface area is 133 Å². The second-order valence-electron chi connectivity index (χ2n) is 5.68. The first-order valence-electron chi connectivity index (χ1n) is 7.75. The summed E-state index contributed by atoms with van der Waals surface area (Å²) in [6.45, 7) is 13.1. The lowest BCUT2D eigenvalue weighted by atomic mass is 10.1. The van der Waals surface area contributed by atoms with Crippen LogP contribution in [-0.4, -0.2) is 48.4 Å². The zero-order chi connectivity index (χ0) is 15.8. The third-order valence-electron chi connectivity index (χ3n) is 3.54. The molecule has 0 aliphatic heterocycles. The lowest BCUT2D eigenvalue weighted by Gasteiger charge is -2.28. The van der Waals surface area contributed by atoms with Gasteiger partial charge in [-0.15, -0.1) is 0 Å². The molecule has 1 aromatic carbocycles. The van der Waals surface area contributed by atoms with Crippen molar-refractivity contribution < 1.29 is 4.79 Å². The molecule has 21 heavy (non-hydrogen) atoms. The van der Waals surface area contributed by atoms with E-state index in [2.05, 4.69) is 32.6 Å². The van der Waals surface area contributed by atoms with Crippen LogP contribution in [0.5, 0.6) is 0 Å². The zero-order valence-corrected chi connectivity index (χ0v) is 14.4. The van der Waals surface area contributed by atoms with Gasteiger partial charge >= 0.3 is 0 Å². The number of nitrogens with zero attached hydrogens (tertiary/aromatic N) is 2. The minimum Gasteiger partial charge on any atom is -0.337 e. The Morgan fingerprint density at radius 2 is 1.67 bits per heavy atom. The quantitative estimate of drug-likeness (QED) is 0.729. The van der Waals surface area contributed by atoms with E-state index in [1.165, 1.54) is 0 Å². The molecule has 1 rings (SSSR count). The van der Waals surface area contributed by atoms with Crippen molar-refractivity contribution >= 4 is 17.5 Å². The topological polar surface area (TPSA) is 23.6 Å². The van der Waals surface area contributed by atoms with Crippen molar-refractivity contribution in [2.24, 2.45) is 5.92 Å². The van der Waals surface area contributed by atoms with Crippen molar-refractivity contribution in [3.05, 3.63) is 34.9 Å². The minimum absolute atomic E-state index is 0.0903. The smallest absolute Gasteiger partial charge is 0.253 e. The fourth-order valence-electron chi connectivity index (χ4n) is 2.29. The van der Waals surface area contributed by atoms with Crippen molar-refractivity contribution in [1.29, 1.82) is 0 Å². The molecule has 4 heteroatoms. The van der Waals surface area contributed by atoms with Gasteiger partial charge in [-0.3, -0.25) is 4.79 Å². The van der Waals surface area contributed by atoms with E-state index in [0.717, 1.165) is 32.7 Å². The maximum atomic E-state index is 12.6. The molecule has 118 valence electrons. The molecule has 0 spiro atoms. The molecule has 0 heterocycles. The fourth-order valence-corrected chi connectivity index (χ4v) is 2.42. The molecule has 0 saturated carbocycles. The normalized spacial score (nSPS) is 11.2. The molecule has 1 amide bonds. The average Bonchev–Trinajstić information content (AvgIpc) is 2.46. The number of likely N-dealkylation sites (N-methyl/N-ethyl adjacent to an activating group) is 1. The standard InChI is InChI=1S/C17H27ClN2O/c1-5-19(6-2)11-12-20(13-14(3)4)17(21)15-7-9-16(18)10-8-15/h7-10,14H,5-6,11-13H2,1-4H3. The summed E-state index contributed by atoms with van der Waals surface area (Å²) in [4.78, 5) is 16.9. The molecule has 0 aliphatic carbocycles. The lowest BCUT2D eigenvalue weighted by molar-refractivity contribution is 0.0716. The molecule has 0 saturated heterocycles. The van der Waals surface area contributed by atoms with Gasteiger partial charge in [-0.25, -0.2) is 0 Å². The van der Waals surface area contributed by atoms with Crippen molar-refractivity contribution in [1.82, 2.24) is 9.80 Å². The van der Waals surface area contributed by atoms with Gasteiger partial charge in [0.05, 0.1) is 0 Å². The van der Waals surface area contributed by atoms with Gasteiger partial charge in [-0.05, 0) is 43.3 Å². The minimum atomic E-state index is 0.0903. The second-order valence-corrected chi connectivity index (χ2v) is 6.12. The molecule has 3 nitrogen and oxygen atoms in total. The highest BCUT2D eigenvalue weighted by Crippen LogP contribution is 2.12. The van der Waals surface area contributed by atoms with Gasteiger partial charge in [-0.1, -0.05) is 39.3 Å². The first-order chi connectivity index (χ1) is 9.97. The number of rotatable bonds is 8. The van der Waals surface area contributed by atoms with Crippen molar-refractivity contribution in [2.75, 3.05) is 32.7 Å². The third-order valence-corrected chi connectivity index (χ3v) is 3.80. The number of carbonyl (C=O) groups is 1. The van der Waals surface area contributed by atoms with Crippen LogP contribution >= 0.6 is 11.6 Å². The largest absolute Gasteiger partial charge is 0.337 e. The lowest BCUT2D eigenvalue weighted by Crippen LogP contribution is -2.40. The molecular weight excluding hydrogens is 284 g/mol. The van der Waals surface area contributed by atoms with Crippen molar-refractivity contribution in [3.63, 3.8) is 0 Å². The predicted octanol–water partition coefficient (Wildman–Crippen LogP) is 3.78. The number of halogens is 1. The van der Waals surface area contributed by atoms with Crippen LogP contribution in [0.3, 0.4) is 0 Å². The Morgan fingerprint density at radius 1 is 1.10 bits per heavy atom. The van der Waals surface area contributed by atoms with Crippen LogP contribution in [0.1, 0.15) is 38.1 Å². The summed E-state index contributed by atoms with van der Waals surface area (Å²) >= 11 is 5.89. The predicted molar refractivity (Wildman–Crippen MR) is 90.0 cm³/mol. The number of carbonyl (C=O) groups excluding carboxylic acids is 1. The molecule has 0 bridgehead atoms. The molecular formula is C17H27ClN2O. The van der Waals surface area contributed by atoms with Gasteiger partial charge in [0.15, 0.2) is 0 Å². The van der Waals surface area contributed by atoms with Crippen LogP contribution in [0.25, 0.3) is 0 Å². The van der Waals surface area contributed by atoms with Crippen LogP contribution in [0, 0.1) is 5.92 Å². The first-order valence-corrected chi connectivity index (χ1v) is 8.12. The van der Waals surface area contributed by atoms with E-state index in [0.29, 0.717) is 16.5 Å². The summed E-state index contributed by atoms with van der Waals surface area (Å²) in [6.07, 6.45) is 0. The SMILES string of the molecule is CCN(CC)CCN(CC(C)C)C(=O)c1ccc(Cl)cc1. The Morgan fingerprint density at radius 3 is 2.14 bits per heavy atom. The molecule has 1 aromatic rings. The second kappa shape index (κ2) is 9.06. The average molecular weight is 311 g/mol. The zero-order valence-electron chi connectivity index (χ0n) is 13.6. The Hall–Kier alpha value is -1.06. The summed E-state index contributed by atoms with van der Waals surface area (Å²) in [5.74, 6) is 0.547. The van der Waals surface area contributed by atoms with Crippen molar-refractivity contribution in [3.8, 4) is 0 Å². The van der Waals surface area contributed by atoms with E-state index in [4.69, 9.17) is 11.6 Å². The number of hydrogen-bond acceptors (Lipinski definition) is 2. The van der Waals surface area contributed by atoms with E-state index >= 15 is 0 Å². The van der Waals surface area contributed by atoms with E-state index in [-0.39, 0.29) is 5.91 Å². The highest BCUT2D eigenvalue weighted by molar-refractivity contribution is 6.30. The van der Waals surface area contributed by atoms with Gasteiger partial charge in [0, 0.05) is 30.2 Å². The van der Waals surface area contributed by atoms with Gasteiger partial charge in [0.1, 0.15) is 0 Å². The molecule has 0 radical (unpaired) electrons. The van der Waals surface area contributed by atoms with Gasteiger partial charge < -0.3 is 9.80 Å². The fraction of sp³-hybridized carbons (Fsp3) is 0.588. The van der Waals surface area contributed by atoms with E-state index in [1.807, 2.05) is 4.90 Å². The number of amides is 1. The number of benzene rings is 1. The maximum absolute atomic E-state index is 12.6. The summed E-state index contributed by atoms with van der Waals surface area (Å²) in [5, 5.41) is 0.658. The van der Waals surface area contributed by atoms with Gasteiger partial charge in [0.2, 0.25) is 0 Å². The summed E-state index contributed by atoms with van der Waals surface area (Å²) < 4.78 is 0. The highest BCUT2D eigenvalue weighted by Gasteiger charge is 2.17. The van der Waals surface area contributed by atoms with Gasteiger partial charge in [-0.2, -0.15) is 0 Å². The van der Waals surface area contributed by atoms with E-state index in [9.17, 15) is 4.79 Å². The molecule has 0 fully saturated rings. The molecule has 0 aliphatic rings. The molecule has 0 aromatic heterocycles. The summed E-state index contributed by atoms with van der Waals surface area (Å²) in [7, 11) is 0. The maximum Gasteiger partial charge on any atom is 0.253 e. The molecule has 0 unspecified atom stereocenters. The Kier molecular flexibility index (Phi) is 7.76. The van der Waals surface area contributed by atoms with Crippen LogP contribution in [0.2, 0.25) is 5.02 Å². The van der Waals surface area contributed by atoms with Crippen molar-refractivity contribution in [2.45, 2.75) is 27.7 Å². The number of hydrogen-bond donors (Lipinski definition) is 0. The van der Waals surface area contributed by atoms with Crippen LogP contribution in [-0.2, 0) is 0 Å². The van der Waals surface area contributed by atoms with Gasteiger partial charge in [0.25, 0.3) is 5.91 Å². The van der Waals surface area contributed by atoms with Crippen LogP contribution < -0.4 is 0 Å². The van der Waals surface area contributed by atoms with E-state index < -0.39 is 0 Å². The first kappa shape index (κ1) is 18.0. The Balaban J connectivity index is 2.76. The Bertz CT molecular complexity index is 427. The molecule has 0 N–H and O–H groups in total.